The van der Waals surface area contributed by atoms with Crippen LogP contribution < -0.4 is 15.0 Å². The lowest BCUT2D eigenvalue weighted by atomic mass is 9.99. The van der Waals surface area contributed by atoms with E-state index in [1.54, 1.807) is 44.5 Å². The van der Waals surface area contributed by atoms with Crippen molar-refractivity contribution in [2.45, 2.75) is 38.1 Å². The molecule has 0 aliphatic carbocycles. The van der Waals surface area contributed by atoms with Crippen molar-refractivity contribution in [1.29, 1.82) is 0 Å². The van der Waals surface area contributed by atoms with Gasteiger partial charge in [-0.1, -0.05) is 24.3 Å². The normalized spacial score (nSPS) is 16.1. The molecule has 2 amide bonds. The molecule has 4 aromatic rings. The fourth-order valence-electron chi connectivity index (χ4n) is 5.13. The van der Waals surface area contributed by atoms with Gasteiger partial charge in [-0.25, -0.2) is 4.39 Å². The lowest BCUT2D eigenvalue weighted by Crippen LogP contribution is -2.49. The molecule has 3 aromatic carbocycles. The predicted molar refractivity (Wildman–Crippen MR) is 142 cm³/mol. The third-order valence-corrected chi connectivity index (χ3v) is 7.01. The van der Waals surface area contributed by atoms with Crippen LogP contribution in [0.4, 0.5) is 10.1 Å². The second-order valence-electron chi connectivity index (χ2n) is 9.55. The number of likely N-dealkylation sites (N-methyl/N-ethyl adjacent to an activating group) is 1. The second-order valence-corrected chi connectivity index (χ2v) is 9.55. The van der Waals surface area contributed by atoms with Crippen molar-refractivity contribution < 1.29 is 18.7 Å². The third kappa shape index (κ3) is 5.35. The largest absolute Gasteiger partial charge is 0.497 e. The summed E-state index contributed by atoms with van der Waals surface area (Å²) in [6.07, 6.45) is 2.60. The summed E-state index contributed by atoms with van der Waals surface area (Å²) in [4.78, 5) is 32.0. The molecule has 1 unspecified atom stereocenters. The summed E-state index contributed by atoms with van der Waals surface area (Å²) in [6, 6.07) is 19.1. The van der Waals surface area contributed by atoms with Gasteiger partial charge in [-0.3, -0.25) is 9.59 Å². The minimum Gasteiger partial charge on any atom is -0.497 e. The van der Waals surface area contributed by atoms with Crippen LogP contribution in [-0.2, 0) is 35.3 Å². The minimum absolute atomic E-state index is 0.154. The standard InChI is InChI=1S/C30H30FN3O3/c1-34(22-10-12-23(37-2)13-11-22)30(36)28-17-20-14-19(15-21(31)16-20)6-5-9-27-25(18-29(35)33-28)24-7-3-4-8-26(24)32-27/h3-4,7-8,10-16,28,32H,5-6,9,17-18H2,1-2H3,(H,33,35). The van der Waals surface area contributed by atoms with Gasteiger partial charge in [0.25, 0.3) is 0 Å². The second kappa shape index (κ2) is 10.5. The molecule has 5 rings (SSSR count). The summed E-state index contributed by atoms with van der Waals surface area (Å²) in [7, 11) is 3.26. The highest BCUT2D eigenvalue weighted by molar-refractivity contribution is 5.99. The zero-order chi connectivity index (χ0) is 25.9. The van der Waals surface area contributed by atoms with Crippen molar-refractivity contribution >= 4 is 28.4 Å². The number of amides is 2. The van der Waals surface area contributed by atoms with Gasteiger partial charge in [-0.2, -0.15) is 0 Å². The molecule has 1 aromatic heterocycles. The van der Waals surface area contributed by atoms with Gasteiger partial charge in [-0.05, 0) is 78.4 Å². The number of carbonyl (C=O) groups is 2. The Morgan fingerprint density at radius 3 is 2.57 bits per heavy atom. The number of nitrogens with zero attached hydrogens (tertiary/aromatic N) is 1. The summed E-state index contributed by atoms with van der Waals surface area (Å²) in [6.45, 7) is 0. The van der Waals surface area contributed by atoms with Crippen LogP contribution in [0.1, 0.15) is 28.8 Å². The van der Waals surface area contributed by atoms with Crippen LogP contribution in [0.2, 0.25) is 0 Å². The number of anilines is 1. The van der Waals surface area contributed by atoms with E-state index in [1.165, 1.54) is 11.0 Å². The van der Waals surface area contributed by atoms with E-state index in [0.29, 0.717) is 23.4 Å². The third-order valence-electron chi connectivity index (χ3n) is 7.01. The topological polar surface area (TPSA) is 74.4 Å². The van der Waals surface area contributed by atoms with Gasteiger partial charge in [0.15, 0.2) is 0 Å². The molecule has 190 valence electrons. The van der Waals surface area contributed by atoms with Gasteiger partial charge < -0.3 is 19.9 Å². The fraction of sp³-hybridized carbons (Fsp3) is 0.267. The van der Waals surface area contributed by atoms with Crippen LogP contribution in [0.3, 0.4) is 0 Å². The van der Waals surface area contributed by atoms with Crippen LogP contribution in [-0.4, -0.2) is 37.0 Å². The molecular formula is C30H30FN3O3. The molecule has 0 saturated carbocycles. The van der Waals surface area contributed by atoms with Crippen molar-refractivity contribution in [1.82, 2.24) is 10.3 Å². The maximum Gasteiger partial charge on any atom is 0.249 e. The number of carbonyl (C=O) groups excluding carboxylic acids is 2. The Hall–Kier alpha value is -4.13. The molecule has 0 spiro atoms. The Bertz CT molecular complexity index is 1440. The molecular weight excluding hydrogens is 469 g/mol. The van der Waals surface area contributed by atoms with Crippen LogP contribution in [0.5, 0.6) is 5.75 Å². The highest BCUT2D eigenvalue weighted by Crippen LogP contribution is 2.26. The van der Waals surface area contributed by atoms with Crippen LogP contribution in [0.25, 0.3) is 10.9 Å². The average Bonchev–Trinajstić information content (AvgIpc) is 3.24. The number of rotatable bonds is 3. The minimum atomic E-state index is -0.858. The first-order valence-corrected chi connectivity index (χ1v) is 12.5. The maximum absolute atomic E-state index is 14.5. The van der Waals surface area contributed by atoms with Crippen molar-refractivity contribution in [3.8, 4) is 5.75 Å². The van der Waals surface area contributed by atoms with E-state index in [0.717, 1.165) is 40.6 Å². The Labute approximate surface area is 215 Å². The number of nitrogens with one attached hydrogen (secondary N) is 2. The monoisotopic (exact) mass is 499 g/mol. The molecule has 0 fully saturated rings. The van der Waals surface area contributed by atoms with Gasteiger partial charge in [0.1, 0.15) is 17.6 Å². The Morgan fingerprint density at radius 2 is 1.78 bits per heavy atom. The van der Waals surface area contributed by atoms with Gasteiger partial charge in [0.05, 0.1) is 13.5 Å². The van der Waals surface area contributed by atoms with E-state index in [2.05, 4.69) is 10.3 Å². The number of methoxy groups -OCH3 is 1. The summed E-state index contributed by atoms with van der Waals surface area (Å²) in [5.74, 6) is -0.182. The van der Waals surface area contributed by atoms with Gasteiger partial charge in [0, 0.05) is 35.8 Å². The maximum atomic E-state index is 14.5. The first-order chi connectivity index (χ1) is 17.9. The highest BCUT2D eigenvalue weighted by Gasteiger charge is 2.27. The molecule has 37 heavy (non-hydrogen) atoms. The van der Waals surface area contributed by atoms with E-state index in [9.17, 15) is 14.0 Å². The van der Waals surface area contributed by atoms with E-state index >= 15 is 0 Å². The first kappa shape index (κ1) is 24.6. The lowest BCUT2D eigenvalue weighted by molar-refractivity contribution is -0.127. The molecule has 2 N–H and O–H groups in total. The summed E-state index contributed by atoms with van der Waals surface area (Å²) < 4.78 is 19.8. The lowest BCUT2D eigenvalue weighted by Gasteiger charge is -2.25. The quantitative estimate of drug-likeness (QED) is 0.428. The number of fused-ring (bicyclic) bond motifs is 5. The Kier molecular flexibility index (Phi) is 6.95. The Balaban J connectivity index is 1.50. The number of aryl methyl sites for hydroxylation is 2. The SMILES string of the molecule is COc1ccc(N(C)C(=O)C2Cc3cc(F)cc(c3)CCCc3[nH]c4ccccc4c3CC(=O)N2)cc1. The molecule has 1 aliphatic heterocycles. The summed E-state index contributed by atoms with van der Waals surface area (Å²) in [5, 5.41) is 3.97. The number of benzene rings is 3. The number of ether oxygens (including phenoxy) is 1. The van der Waals surface area contributed by atoms with E-state index < -0.39 is 6.04 Å². The number of hydrogen-bond acceptors (Lipinski definition) is 3. The van der Waals surface area contributed by atoms with Crippen LogP contribution >= 0.6 is 0 Å². The number of aromatic nitrogens is 1. The van der Waals surface area contributed by atoms with Crippen molar-refractivity contribution in [2.75, 3.05) is 19.1 Å². The van der Waals surface area contributed by atoms with Crippen LogP contribution in [0.15, 0.2) is 66.7 Å². The zero-order valence-corrected chi connectivity index (χ0v) is 21.0. The molecule has 2 heterocycles. The van der Waals surface area contributed by atoms with Crippen LogP contribution in [0, 0.1) is 5.82 Å². The first-order valence-electron chi connectivity index (χ1n) is 12.5. The van der Waals surface area contributed by atoms with Gasteiger partial charge in [0.2, 0.25) is 11.8 Å². The summed E-state index contributed by atoms with van der Waals surface area (Å²) >= 11 is 0. The fourth-order valence-corrected chi connectivity index (χ4v) is 5.13. The zero-order valence-electron chi connectivity index (χ0n) is 21.0. The highest BCUT2D eigenvalue weighted by atomic mass is 19.1. The number of hydrogen-bond donors (Lipinski definition) is 2. The smallest absolute Gasteiger partial charge is 0.249 e. The molecule has 0 saturated heterocycles. The Morgan fingerprint density at radius 1 is 1.03 bits per heavy atom. The molecule has 7 heteroatoms. The van der Waals surface area contributed by atoms with E-state index in [4.69, 9.17) is 4.74 Å². The number of aromatic amines is 1. The van der Waals surface area contributed by atoms with E-state index in [-0.39, 0.29) is 30.5 Å². The van der Waals surface area contributed by atoms with Gasteiger partial charge in [-0.15, -0.1) is 0 Å². The van der Waals surface area contributed by atoms with Crippen molar-refractivity contribution in [3.63, 3.8) is 0 Å². The summed E-state index contributed by atoms with van der Waals surface area (Å²) in [5.41, 5.74) is 5.16. The van der Waals surface area contributed by atoms with Gasteiger partial charge >= 0.3 is 0 Å². The van der Waals surface area contributed by atoms with E-state index in [1.807, 2.05) is 30.3 Å². The van der Waals surface area contributed by atoms with Crippen molar-refractivity contribution in [3.05, 3.63) is 94.9 Å². The molecule has 6 nitrogen and oxygen atoms in total. The number of H-pyrrole nitrogens is 1. The number of para-hydroxylation sites is 1. The molecule has 1 aliphatic rings. The predicted octanol–water partition coefficient (Wildman–Crippen LogP) is 4.74. The number of halogens is 1. The molecule has 1 atom stereocenters. The average molecular weight is 500 g/mol. The molecule has 2 bridgehead atoms. The van der Waals surface area contributed by atoms with Crippen molar-refractivity contribution in [2.24, 2.45) is 0 Å². The molecule has 0 radical (unpaired) electrons.